The molecule has 7 heteroatoms. The normalized spacial score (nSPS) is 15.4. The minimum atomic E-state index is -0.0480. The van der Waals surface area contributed by atoms with E-state index in [0.29, 0.717) is 31.2 Å². The Bertz CT molecular complexity index is 923. The summed E-state index contributed by atoms with van der Waals surface area (Å²) in [5, 5.41) is 3.90. The fourth-order valence-electron chi connectivity index (χ4n) is 4.37. The van der Waals surface area contributed by atoms with Crippen molar-refractivity contribution in [3.63, 3.8) is 0 Å². The summed E-state index contributed by atoms with van der Waals surface area (Å²) >= 11 is 0. The van der Waals surface area contributed by atoms with Crippen LogP contribution in [-0.4, -0.2) is 37.8 Å². The number of ketones is 1. The number of hydrogen-bond donors (Lipinski definition) is 0. The number of aromatic nitrogens is 3. The van der Waals surface area contributed by atoms with Gasteiger partial charge in [0.25, 0.3) is 0 Å². The summed E-state index contributed by atoms with van der Waals surface area (Å²) in [6.45, 7) is 13.8. The van der Waals surface area contributed by atoms with E-state index in [4.69, 9.17) is 4.52 Å². The molecule has 29 heavy (non-hydrogen) atoms. The predicted octanol–water partition coefficient (Wildman–Crippen LogP) is 3.64. The molecule has 0 saturated heterocycles. The number of likely N-dealkylation sites (N-methyl/N-ethyl adjacent to an activating group) is 1. The molecule has 1 amide bonds. The van der Waals surface area contributed by atoms with Crippen LogP contribution in [0.5, 0.6) is 0 Å². The average Bonchev–Trinajstić information content (AvgIpc) is 3.15. The van der Waals surface area contributed by atoms with Crippen LogP contribution in [0.4, 0.5) is 0 Å². The van der Waals surface area contributed by atoms with E-state index in [1.54, 1.807) is 11.8 Å². The first-order chi connectivity index (χ1) is 13.7. The summed E-state index contributed by atoms with van der Waals surface area (Å²) in [6, 6.07) is 0. The smallest absolute Gasteiger partial charge is 0.227 e. The van der Waals surface area contributed by atoms with Crippen LogP contribution in [0.15, 0.2) is 4.52 Å². The molecule has 0 aliphatic heterocycles. The van der Waals surface area contributed by atoms with E-state index in [0.717, 1.165) is 41.9 Å². The third kappa shape index (κ3) is 4.28. The molecule has 1 aliphatic rings. The molecule has 0 atom stereocenters. The highest BCUT2D eigenvalue weighted by molar-refractivity contribution is 6.01. The van der Waals surface area contributed by atoms with Gasteiger partial charge in [-0.05, 0) is 37.7 Å². The number of nitrogens with zero attached hydrogens (tertiary/aromatic N) is 4. The Balaban J connectivity index is 1.92. The maximum absolute atomic E-state index is 13.1. The van der Waals surface area contributed by atoms with Crippen LogP contribution in [0, 0.1) is 19.3 Å². The van der Waals surface area contributed by atoms with Gasteiger partial charge in [-0.1, -0.05) is 25.9 Å². The Morgan fingerprint density at radius 1 is 1.24 bits per heavy atom. The van der Waals surface area contributed by atoms with Crippen LogP contribution >= 0.6 is 0 Å². The van der Waals surface area contributed by atoms with Crippen molar-refractivity contribution in [3.05, 3.63) is 34.2 Å². The lowest BCUT2D eigenvalue weighted by molar-refractivity contribution is -0.131. The first kappa shape index (κ1) is 21.3. The quantitative estimate of drug-likeness (QED) is 0.709. The second kappa shape index (κ2) is 8.13. The lowest BCUT2D eigenvalue weighted by Gasteiger charge is -2.30. The molecule has 0 N–H and O–H groups in total. The van der Waals surface area contributed by atoms with Crippen molar-refractivity contribution in [1.82, 2.24) is 19.6 Å². The minimum absolute atomic E-state index is 0.0212. The zero-order valence-corrected chi connectivity index (χ0v) is 18.5. The lowest BCUT2D eigenvalue weighted by atomic mass is 9.75. The second-order valence-electron chi connectivity index (χ2n) is 8.79. The highest BCUT2D eigenvalue weighted by Gasteiger charge is 2.37. The number of hydrogen-bond acceptors (Lipinski definition) is 5. The van der Waals surface area contributed by atoms with Crippen LogP contribution in [-0.2, 0) is 30.7 Å². The SMILES string of the molecule is CCCn1c(C)c(CC(=O)N(CC)Cc2noc(C)n2)c2c1CC(C)(C)CC2=O. The maximum atomic E-state index is 13.1. The van der Waals surface area contributed by atoms with Gasteiger partial charge in [-0.15, -0.1) is 0 Å². The molecule has 0 bridgehead atoms. The Labute approximate surface area is 172 Å². The van der Waals surface area contributed by atoms with Gasteiger partial charge < -0.3 is 14.0 Å². The monoisotopic (exact) mass is 400 g/mol. The second-order valence-corrected chi connectivity index (χ2v) is 8.79. The van der Waals surface area contributed by atoms with Gasteiger partial charge in [0, 0.05) is 43.4 Å². The minimum Gasteiger partial charge on any atom is -0.348 e. The molecule has 0 saturated carbocycles. The number of Topliss-reactive ketones (excluding diaryl/α,β-unsaturated/α-hetero) is 1. The Hall–Kier alpha value is -2.44. The molecule has 7 nitrogen and oxygen atoms in total. The molecule has 1 aliphatic carbocycles. The van der Waals surface area contributed by atoms with Gasteiger partial charge in [-0.25, -0.2) is 0 Å². The predicted molar refractivity (Wildman–Crippen MR) is 110 cm³/mol. The van der Waals surface area contributed by atoms with E-state index in [2.05, 4.69) is 35.5 Å². The molecular weight excluding hydrogens is 368 g/mol. The fourth-order valence-corrected chi connectivity index (χ4v) is 4.37. The molecular formula is C22H32N4O3. The van der Waals surface area contributed by atoms with Crippen LogP contribution in [0.25, 0.3) is 0 Å². The highest BCUT2D eigenvalue weighted by atomic mass is 16.5. The molecule has 2 heterocycles. The Morgan fingerprint density at radius 2 is 1.97 bits per heavy atom. The zero-order chi connectivity index (χ0) is 21.3. The summed E-state index contributed by atoms with van der Waals surface area (Å²) in [5.74, 6) is 1.12. The van der Waals surface area contributed by atoms with Gasteiger partial charge in [-0.3, -0.25) is 9.59 Å². The van der Waals surface area contributed by atoms with Crippen LogP contribution < -0.4 is 0 Å². The van der Waals surface area contributed by atoms with E-state index in [1.165, 1.54) is 0 Å². The van der Waals surface area contributed by atoms with Gasteiger partial charge >= 0.3 is 0 Å². The Morgan fingerprint density at radius 3 is 2.55 bits per heavy atom. The highest BCUT2D eigenvalue weighted by Crippen LogP contribution is 2.39. The zero-order valence-electron chi connectivity index (χ0n) is 18.5. The van der Waals surface area contributed by atoms with Gasteiger partial charge in [0.15, 0.2) is 11.6 Å². The van der Waals surface area contributed by atoms with Gasteiger partial charge in [-0.2, -0.15) is 4.98 Å². The molecule has 2 aromatic rings. The van der Waals surface area contributed by atoms with Crippen molar-refractivity contribution < 1.29 is 14.1 Å². The largest absolute Gasteiger partial charge is 0.348 e. The first-order valence-corrected chi connectivity index (χ1v) is 10.5. The molecule has 3 rings (SSSR count). The molecule has 0 fully saturated rings. The van der Waals surface area contributed by atoms with E-state index < -0.39 is 0 Å². The van der Waals surface area contributed by atoms with E-state index >= 15 is 0 Å². The number of carbonyl (C=O) groups is 2. The van der Waals surface area contributed by atoms with Crippen molar-refractivity contribution in [3.8, 4) is 0 Å². The van der Waals surface area contributed by atoms with E-state index in [-0.39, 0.29) is 23.5 Å². The number of carbonyl (C=O) groups excluding carboxylic acids is 2. The summed E-state index contributed by atoms with van der Waals surface area (Å²) in [5.41, 5.74) is 3.78. The van der Waals surface area contributed by atoms with Crippen molar-refractivity contribution in [2.45, 2.75) is 80.3 Å². The van der Waals surface area contributed by atoms with Crippen molar-refractivity contribution >= 4 is 11.7 Å². The molecule has 0 aromatic carbocycles. The van der Waals surface area contributed by atoms with Crippen molar-refractivity contribution in [1.29, 1.82) is 0 Å². The molecule has 0 radical (unpaired) electrons. The van der Waals surface area contributed by atoms with Crippen LogP contribution in [0.2, 0.25) is 0 Å². The van der Waals surface area contributed by atoms with Gasteiger partial charge in [0.1, 0.15) is 0 Å². The molecule has 158 valence electrons. The first-order valence-electron chi connectivity index (χ1n) is 10.5. The summed E-state index contributed by atoms with van der Waals surface area (Å²) in [6.07, 6.45) is 2.60. The standard InChI is InChI=1S/C22H32N4O3/c1-7-9-26-14(3)16(21-17(26)11-22(5,6)12-18(21)27)10-20(28)25(8-2)13-19-23-15(4)29-24-19/h7-13H2,1-6H3. The van der Waals surface area contributed by atoms with Crippen LogP contribution in [0.3, 0.4) is 0 Å². The van der Waals surface area contributed by atoms with Crippen LogP contribution in [0.1, 0.15) is 79.6 Å². The lowest BCUT2D eigenvalue weighted by Crippen LogP contribution is -2.33. The van der Waals surface area contributed by atoms with E-state index in [1.807, 2.05) is 13.8 Å². The summed E-state index contributed by atoms with van der Waals surface area (Å²) in [4.78, 5) is 32.1. The topological polar surface area (TPSA) is 81.2 Å². The summed E-state index contributed by atoms with van der Waals surface area (Å²) < 4.78 is 7.28. The molecule has 0 spiro atoms. The maximum Gasteiger partial charge on any atom is 0.227 e. The molecule has 2 aromatic heterocycles. The van der Waals surface area contributed by atoms with Gasteiger partial charge in [0.2, 0.25) is 11.8 Å². The number of aryl methyl sites for hydroxylation is 1. The van der Waals surface area contributed by atoms with Crippen molar-refractivity contribution in [2.75, 3.05) is 6.54 Å². The third-order valence-corrected chi connectivity index (χ3v) is 5.73. The van der Waals surface area contributed by atoms with Crippen molar-refractivity contribution in [2.24, 2.45) is 5.41 Å². The number of amides is 1. The number of rotatable bonds is 7. The third-order valence-electron chi connectivity index (χ3n) is 5.73. The Kier molecular flexibility index (Phi) is 5.96. The summed E-state index contributed by atoms with van der Waals surface area (Å²) in [7, 11) is 0. The van der Waals surface area contributed by atoms with E-state index in [9.17, 15) is 9.59 Å². The fraction of sp³-hybridized carbons (Fsp3) is 0.636. The average molecular weight is 401 g/mol. The van der Waals surface area contributed by atoms with Gasteiger partial charge in [0.05, 0.1) is 13.0 Å². The molecule has 0 unspecified atom stereocenters. The number of fused-ring (bicyclic) bond motifs is 1.